The second-order valence-corrected chi connectivity index (χ2v) is 4.76. The number of alkyl halides is 2. The summed E-state index contributed by atoms with van der Waals surface area (Å²) in [6, 6.07) is 13.5. The first-order valence-corrected chi connectivity index (χ1v) is 6.48. The Balaban J connectivity index is 2.13. The molecule has 106 valence electrons. The molecule has 0 fully saturated rings. The molecule has 1 atom stereocenters. The fourth-order valence-electron chi connectivity index (χ4n) is 1.94. The molecule has 2 rings (SSSR count). The quantitative estimate of drug-likeness (QED) is 0.898. The van der Waals surface area contributed by atoms with Crippen molar-refractivity contribution in [2.75, 3.05) is 0 Å². The van der Waals surface area contributed by atoms with E-state index in [1.165, 1.54) is 12.1 Å². The van der Waals surface area contributed by atoms with E-state index < -0.39 is 6.61 Å². The van der Waals surface area contributed by atoms with Gasteiger partial charge in [0.15, 0.2) is 0 Å². The number of rotatable bonds is 5. The van der Waals surface area contributed by atoms with Gasteiger partial charge in [-0.3, -0.25) is 0 Å². The highest BCUT2D eigenvalue weighted by Gasteiger charge is 2.11. The van der Waals surface area contributed by atoms with Crippen LogP contribution in [0.3, 0.4) is 0 Å². The highest BCUT2D eigenvalue weighted by molar-refractivity contribution is 6.31. The first-order valence-electron chi connectivity index (χ1n) is 6.10. The molecule has 0 bridgehead atoms. The molecular formula is C15H14ClF2NO. The van der Waals surface area contributed by atoms with Crippen LogP contribution in [0.1, 0.15) is 17.2 Å². The van der Waals surface area contributed by atoms with E-state index in [0.717, 1.165) is 11.1 Å². The van der Waals surface area contributed by atoms with E-state index in [1.807, 2.05) is 18.2 Å². The molecule has 0 aliphatic carbocycles. The van der Waals surface area contributed by atoms with E-state index in [2.05, 4.69) is 4.74 Å². The van der Waals surface area contributed by atoms with E-state index in [9.17, 15) is 8.78 Å². The first kappa shape index (κ1) is 14.8. The van der Waals surface area contributed by atoms with Gasteiger partial charge in [-0.1, -0.05) is 41.9 Å². The third-order valence-corrected chi connectivity index (χ3v) is 3.28. The molecule has 0 aliphatic rings. The molecule has 0 aromatic heterocycles. The zero-order valence-electron chi connectivity index (χ0n) is 10.6. The van der Waals surface area contributed by atoms with Crippen LogP contribution in [0.5, 0.6) is 5.75 Å². The van der Waals surface area contributed by atoms with Crippen LogP contribution in [-0.2, 0) is 6.42 Å². The molecule has 1 unspecified atom stereocenters. The van der Waals surface area contributed by atoms with Gasteiger partial charge in [0.05, 0.1) is 0 Å². The molecule has 2 aromatic carbocycles. The van der Waals surface area contributed by atoms with Gasteiger partial charge < -0.3 is 10.5 Å². The summed E-state index contributed by atoms with van der Waals surface area (Å²) < 4.78 is 28.7. The van der Waals surface area contributed by atoms with Crippen LogP contribution >= 0.6 is 11.6 Å². The van der Waals surface area contributed by atoms with Crippen molar-refractivity contribution in [3.8, 4) is 5.75 Å². The Morgan fingerprint density at radius 2 is 1.85 bits per heavy atom. The zero-order valence-corrected chi connectivity index (χ0v) is 11.4. The van der Waals surface area contributed by atoms with E-state index >= 15 is 0 Å². The summed E-state index contributed by atoms with van der Waals surface area (Å²) in [6.45, 7) is -2.84. The molecule has 0 aliphatic heterocycles. The lowest BCUT2D eigenvalue weighted by Gasteiger charge is -2.14. The third-order valence-electron chi connectivity index (χ3n) is 2.91. The van der Waals surface area contributed by atoms with Crippen molar-refractivity contribution in [3.05, 3.63) is 64.7 Å². The number of benzene rings is 2. The zero-order chi connectivity index (χ0) is 14.5. The molecule has 5 heteroatoms. The SMILES string of the molecule is NC(Cc1ccccc1Cl)c1cccc(OC(F)F)c1. The Bertz CT molecular complexity index is 577. The molecule has 0 saturated carbocycles. The van der Waals surface area contributed by atoms with Gasteiger partial charge in [0, 0.05) is 11.1 Å². The Kier molecular flexibility index (Phi) is 4.93. The van der Waals surface area contributed by atoms with Crippen LogP contribution < -0.4 is 10.5 Å². The van der Waals surface area contributed by atoms with Crippen LogP contribution in [0.25, 0.3) is 0 Å². The maximum Gasteiger partial charge on any atom is 0.387 e. The predicted octanol–water partition coefficient (Wildman–Crippen LogP) is 4.18. The maximum atomic E-state index is 12.2. The minimum absolute atomic E-state index is 0.104. The first-order chi connectivity index (χ1) is 9.56. The minimum Gasteiger partial charge on any atom is -0.435 e. The fourth-order valence-corrected chi connectivity index (χ4v) is 2.15. The monoisotopic (exact) mass is 297 g/mol. The van der Waals surface area contributed by atoms with Crippen LogP contribution in [0.2, 0.25) is 5.02 Å². The molecule has 0 heterocycles. The summed E-state index contributed by atoms with van der Waals surface area (Å²) >= 11 is 6.08. The summed E-state index contributed by atoms with van der Waals surface area (Å²) in [5.74, 6) is 0.104. The Hall–Kier alpha value is -1.65. The van der Waals surface area contributed by atoms with E-state index in [-0.39, 0.29) is 11.8 Å². The topological polar surface area (TPSA) is 35.2 Å². The smallest absolute Gasteiger partial charge is 0.387 e. The van der Waals surface area contributed by atoms with Gasteiger partial charge in [0.25, 0.3) is 0 Å². The standard InChI is InChI=1S/C15H14ClF2NO/c16-13-7-2-1-4-10(13)9-14(19)11-5-3-6-12(8-11)20-15(17)18/h1-8,14-15H,9,19H2. The van der Waals surface area contributed by atoms with Crippen LogP contribution in [0.4, 0.5) is 8.78 Å². The summed E-state index contributed by atoms with van der Waals surface area (Å²) in [7, 11) is 0. The van der Waals surface area contributed by atoms with Crippen molar-refractivity contribution < 1.29 is 13.5 Å². The van der Waals surface area contributed by atoms with Gasteiger partial charge in [0.1, 0.15) is 5.75 Å². The van der Waals surface area contributed by atoms with Crippen molar-refractivity contribution in [1.29, 1.82) is 0 Å². The lowest BCUT2D eigenvalue weighted by molar-refractivity contribution is -0.0498. The molecule has 0 radical (unpaired) electrons. The van der Waals surface area contributed by atoms with E-state index in [1.54, 1.807) is 18.2 Å². The molecule has 0 amide bonds. The van der Waals surface area contributed by atoms with Crippen molar-refractivity contribution in [3.63, 3.8) is 0 Å². The lowest BCUT2D eigenvalue weighted by atomic mass is 9.99. The van der Waals surface area contributed by atoms with Gasteiger partial charge in [-0.15, -0.1) is 0 Å². The van der Waals surface area contributed by atoms with Gasteiger partial charge >= 0.3 is 6.61 Å². The summed E-state index contributed by atoms with van der Waals surface area (Å²) in [5.41, 5.74) is 7.74. The molecule has 0 saturated heterocycles. The van der Waals surface area contributed by atoms with Gasteiger partial charge in [-0.05, 0) is 35.7 Å². The Morgan fingerprint density at radius 3 is 2.55 bits per heavy atom. The third kappa shape index (κ3) is 3.92. The second kappa shape index (κ2) is 6.68. The molecule has 20 heavy (non-hydrogen) atoms. The molecular weight excluding hydrogens is 284 g/mol. The lowest BCUT2D eigenvalue weighted by Crippen LogP contribution is -2.14. The van der Waals surface area contributed by atoms with E-state index in [4.69, 9.17) is 17.3 Å². The highest BCUT2D eigenvalue weighted by atomic mass is 35.5. The molecule has 2 N–H and O–H groups in total. The second-order valence-electron chi connectivity index (χ2n) is 4.35. The number of nitrogens with two attached hydrogens (primary N) is 1. The Labute approximate surface area is 121 Å². The minimum atomic E-state index is -2.84. The number of hydrogen-bond donors (Lipinski definition) is 1. The van der Waals surface area contributed by atoms with Crippen molar-refractivity contribution in [2.24, 2.45) is 5.73 Å². The average molecular weight is 298 g/mol. The average Bonchev–Trinajstić information content (AvgIpc) is 2.41. The van der Waals surface area contributed by atoms with Crippen molar-refractivity contribution in [2.45, 2.75) is 19.1 Å². The van der Waals surface area contributed by atoms with Crippen LogP contribution in [-0.4, -0.2) is 6.61 Å². The summed E-state index contributed by atoms with van der Waals surface area (Å²) in [6.07, 6.45) is 0.526. The normalized spacial score (nSPS) is 12.4. The predicted molar refractivity (Wildman–Crippen MR) is 75.2 cm³/mol. The molecule has 2 aromatic rings. The van der Waals surface area contributed by atoms with Crippen LogP contribution in [0, 0.1) is 0 Å². The van der Waals surface area contributed by atoms with Gasteiger partial charge in [-0.25, -0.2) is 0 Å². The van der Waals surface area contributed by atoms with Crippen molar-refractivity contribution >= 4 is 11.6 Å². The van der Waals surface area contributed by atoms with Gasteiger partial charge in [0.2, 0.25) is 0 Å². The highest BCUT2D eigenvalue weighted by Crippen LogP contribution is 2.24. The summed E-state index contributed by atoms with van der Waals surface area (Å²) in [5, 5.41) is 0.642. The van der Waals surface area contributed by atoms with E-state index in [0.29, 0.717) is 11.4 Å². The number of hydrogen-bond acceptors (Lipinski definition) is 2. The maximum absolute atomic E-state index is 12.2. The van der Waals surface area contributed by atoms with Gasteiger partial charge in [-0.2, -0.15) is 8.78 Å². The number of halogens is 3. The molecule has 0 spiro atoms. The van der Waals surface area contributed by atoms with Crippen LogP contribution in [0.15, 0.2) is 48.5 Å². The van der Waals surface area contributed by atoms with Crippen molar-refractivity contribution in [1.82, 2.24) is 0 Å². The number of ether oxygens (including phenoxy) is 1. The summed E-state index contributed by atoms with van der Waals surface area (Å²) in [4.78, 5) is 0. The largest absolute Gasteiger partial charge is 0.435 e. The Morgan fingerprint density at radius 1 is 1.10 bits per heavy atom. The molecule has 2 nitrogen and oxygen atoms in total. The fraction of sp³-hybridized carbons (Fsp3) is 0.200.